The number of rotatable bonds is 7. The fourth-order valence-electron chi connectivity index (χ4n) is 3.90. The Balaban J connectivity index is 1.87. The van der Waals surface area contributed by atoms with Gasteiger partial charge < -0.3 is 10.1 Å². The zero-order valence-electron chi connectivity index (χ0n) is 24.6. The normalized spacial score (nSPS) is 12.7. The third-order valence-electron chi connectivity index (χ3n) is 6.41. The van der Waals surface area contributed by atoms with Crippen LogP contribution in [0.1, 0.15) is 75.5 Å². The molecule has 0 saturated carbocycles. The number of hydrogen-bond donors (Lipinski definition) is 1. The number of Topliss-reactive ketones (excluding diaryl/α,β-unsaturated/α-hetero) is 1. The zero-order valence-corrected chi connectivity index (χ0v) is 26.1. The van der Waals surface area contributed by atoms with Crippen molar-refractivity contribution in [3.05, 3.63) is 86.9 Å². The maximum atomic E-state index is 13.2. The number of nitrogens with one attached hydrogen (secondary N) is 1. The number of aryl methyl sites for hydroxylation is 1. The van der Waals surface area contributed by atoms with E-state index in [1.165, 1.54) is 25.1 Å². The fourth-order valence-corrected chi connectivity index (χ4v) is 4.23. The molecule has 3 rings (SSSR count). The molecule has 1 unspecified atom stereocenters. The van der Waals surface area contributed by atoms with Gasteiger partial charge in [0, 0.05) is 21.8 Å². The standard InChI is InChI=1S/C32H35Cl2N3O4/c1-18-9-12-22(33)17-25(18)35-29(39)20-10-13-24(34)26(15-20)36-37-28(19(2)38)30(40)41-27-14-11-21(31(3,4)5)16-23(27)32(6,7)8/h9-17,28H,1-8H3,(H,35,39). The molecule has 0 fully saturated rings. The number of benzene rings is 3. The summed E-state index contributed by atoms with van der Waals surface area (Å²) in [5.74, 6) is -1.48. The van der Waals surface area contributed by atoms with Crippen molar-refractivity contribution >= 4 is 52.2 Å². The molecule has 216 valence electrons. The van der Waals surface area contributed by atoms with E-state index in [1.807, 2.05) is 39.8 Å². The molecule has 3 aromatic rings. The predicted octanol–water partition coefficient (Wildman–Crippen LogP) is 8.80. The van der Waals surface area contributed by atoms with Gasteiger partial charge in [-0.3, -0.25) is 9.59 Å². The summed E-state index contributed by atoms with van der Waals surface area (Å²) in [5.41, 5.74) is 3.25. The summed E-state index contributed by atoms with van der Waals surface area (Å²) in [5, 5.41) is 11.5. The molecule has 0 heterocycles. The molecule has 1 N–H and O–H groups in total. The molecule has 1 atom stereocenters. The smallest absolute Gasteiger partial charge is 0.346 e. The van der Waals surface area contributed by atoms with E-state index in [2.05, 4.69) is 36.3 Å². The van der Waals surface area contributed by atoms with Gasteiger partial charge in [0.2, 0.25) is 6.04 Å². The van der Waals surface area contributed by atoms with E-state index in [0.29, 0.717) is 16.5 Å². The second-order valence-corrected chi connectivity index (χ2v) is 12.8. The average Bonchev–Trinajstić information content (AvgIpc) is 2.86. The first-order chi connectivity index (χ1) is 19.0. The SMILES string of the molecule is CC(=O)C(N=Nc1cc(C(=O)Nc2cc(Cl)ccc2C)ccc1Cl)C(=O)Oc1ccc(C(C)(C)C)cc1C(C)(C)C. The number of esters is 1. The second-order valence-electron chi connectivity index (χ2n) is 11.9. The van der Waals surface area contributed by atoms with Crippen molar-refractivity contribution < 1.29 is 19.1 Å². The topological polar surface area (TPSA) is 97.2 Å². The lowest BCUT2D eigenvalue weighted by atomic mass is 9.80. The minimum atomic E-state index is -1.52. The third-order valence-corrected chi connectivity index (χ3v) is 6.96. The highest BCUT2D eigenvalue weighted by molar-refractivity contribution is 6.33. The molecule has 0 bridgehead atoms. The van der Waals surface area contributed by atoms with Crippen LogP contribution in [-0.2, 0) is 20.4 Å². The highest BCUT2D eigenvalue weighted by Gasteiger charge is 2.29. The van der Waals surface area contributed by atoms with E-state index >= 15 is 0 Å². The maximum Gasteiger partial charge on any atom is 0.346 e. The highest BCUT2D eigenvalue weighted by atomic mass is 35.5. The monoisotopic (exact) mass is 595 g/mol. The number of nitrogens with zero attached hydrogens (tertiary/aromatic N) is 2. The molecule has 0 spiro atoms. The van der Waals surface area contributed by atoms with Gasteiger partial charge in [0.25, 0.3) is 5.91 Å². The Kier molecular flexibility index (Phi) is 9.77. The van der Waals surface area contributed by atoms with Gasteiger partial charge in [-0.05, 0) is 72.2 Å². The van der Waals surface area contributed by atoms with E-state index in [-0.39, 0.29) is 27.1 Å². The first kappa shape index (κ1) is 32.0. The molecule has 0 aliphatic rings. The molecule has 0 aliphatic heterocycles. The van der Waals surface area contributed by atoms with Crippen molar-refractivity contribution in [2.24, 2.45) is 10.2 Å². The number of anilines is 1. The third kappa shape index (κ3) is 8.24. The summed E-state index contributed by atoms with van der Waals surface area (Å²) in [6, 6.07) is 13.8. The number of ether oxygens (including phenoxy) is 1. The lowest BCUT2D eigenvalue weighted by Gasteiger charge is -2.27. The van der Waals surface area contributed by atoms with Crippen LogP contribution in [0.3, 0.4) is 0 Å². The van der Waals surface area contributed by atoms with Gasteiger partial charge >= 0.3 is 5.97 Å². The van der Waals surface area contributed by atoms with Crippen LogP contribution in [0, 0.1) is 6.92 Å². The first-order valence-electron chi connectivity index (χ1n) is 13.1. The molecular weight excluding hydrogens is 561 g/mol. The van der Waals surface area contributed by atoms with Crippen LogP contribution in [0.2, 0.25) is 10.0 Å². The first-order valence-corrected chi connectivity index (χ1v) is 13.9. The lowest BCUT2D eigenvalue weighted by Crippen LogP contribution is -2.31. The molecule has 0 aliphatic carbocycles. The van der Waals surface area contributed by atoms with Gasteiger partial charge in [0.05, 0.1) is 5.02 Å². The van der Waals surface area contributed by atoms with Crippen LogP contribution < -0.4 is 10.1 Å². The van der Waals surface area contributed by atoms with Gasteiger partial charge in [-0.25, -0.2) is 4.79 Å². The number of ketones is 1. The predicted molar refractivity (Wildman–Crippen MR) is 164 cm³/mol. The van der Waals surface area contributed by atoms with Gasteiger partial charge in [-0.15, -0.1) is 0 Å². The molecule has 9 heteroatoms. The number of amides is 1. The van der Waals surface area contributed by atoms with Gasteiger partial charge in [0.1, 0.15) is 11.4 Å². The van der Waals surface area contributed by atoms with Crippen LogP contribution in [-0.4, -0.2) is 23.7 Å². The molecule has 7 nitrogen and oxygen atoms in total. The number of carbonyl (C=O) groups excluding carboxylic acids is 3. The fraction of sp³-hybridized carbons (Fsp3) is 0.344. The average molecular weight is 597 g/mol. The molecule has 0 saturated heterocycles. The second kappa shape index (κ2) is 12.5. The Morgan fingerprint density at radius 1 is 0.878 bits per heavy atom. The Labute approximate surface area is 251 Å². The Morgan fingerprint density at radius 2 is 1.56 bits per heavy atom. The number of hydrogen-bond acceptors (Lipinski definition) is 6. The van der Waals surface area contributed by atoms with Gasteiger partial charge in [-0.1, -0.05) is 82.9 Å². The molecule has 0 aromatic heterocycles. The molecule has 41 heavy (non-hydrogen) atoms. The lowest BCUT2D eigenvalue weighted by molar-refractivity contribution is -0.139. The van der Waals surface area contributed by atoms with E-state index < -0.39 is 23.7 Å². The zero-order chi connectivity index (χ0) is 30.7. The summed E-state index contributed by atoms with van der Waals surface area (Å²) in [7, 11) is 0. The van der Waals surface area contributed by atoms with Gasteiger partial charge in [-0.2, -0.15) is 10.2 Å². The quantitative estimate of drug-likeness (QED) is 0.128. The summed E-state index contributed by atoms with van der Waals surface area (Å²) < 4.78 is 5.71. The summed E-state index contributed by atoms with van der Waals surface area (Å²) in [4.78, 5) is 38.5. The van der Waals surface area contributed by atoms with Crippen LogP contribution in [0.25, 0.3) is 0 Å². The highest BCUT2D eigenvalue weighted by Crippen LogP contribution is 2.36. The molecule has 0 radical (unpaired) electrons. The van der Waals surface area contributed by atoms with Crippen molar-refractivity contribution in [3.63, 3.8) is 0 Å². The summed E-state index contributed by atoms with van der Waals surface area (Å²) in [6.07, 6.45) is 0. The minimum absolute atomic E-state index is 0.101. The van der Waals surface area contributed by atoms with E-state index in [9.17, 15) is 14.4 Å². The van der Waals surface area contributed by atoms with Crippen molar-refractivity contribution in [1.82, 2.24) is 0 Å². The van der Waals surface area contributed by atoms with E-state index in [4.69, 9.17) is 27.9 Å². The van der Waals surface area contributed by atoms with Gasteiger partial charge in [0.15, 0.2) is 5.78 Å². The minimum Gasteiger partial charge on any atom is -0.424 e. The Bertz CT molecular complexity index is 1520. The van der Waals surface area contributed by atoms with E-state index in [0.717, 1.165) is 16.7 Å². The molecule has 3 aromatic carbocycles. The maximum absolute atomic E-state index is 13.2. The van der Waals surface area contributed by atoms with Crippen molar-refractivity contribution in [3.8, 4) is 5.75 Å². The van der Waals surface area contributed by atoms with Crippen LogP contribution in [0.15, 0.2) is 64.8 Å². The van der Waals surface area contributed by atoms with Crippen molar-refractivity contribution in [1.29, 1.82) is 0 Å². The Morgan fingerprint density at radius 3 is 2.17 bits per heavy atom. The number of carbonyl (C=O) groups is 3. The summed E-state index contributed by atoms with van der Waals surface area (Å²) in [6.45, 7) is 15.5. The van der Waals surface area contributed by atoms with Crippen molar-refractivity contribution in [2.75, 3.05) is 5.32 Å². The number of halogens is 2. The van der Waals surface area contributed by atoms with Crippen LogP contribution >= 0.6 is 23.2 Å². The van der Waals surface area contributed by atoms with Crippen LogP contribution in [0.4, 0.5) is 11.4 Å². The van der Waals surface area contributed by atoms with E-state index in [1.54, 1.807) is 24.3 Å². The number of azo groups is 1. The largest absolute Gasteiger partial charge is 0.424 e. The summed E-state index contributed by atoms with van der Waals surface area (Å²) >= 11 is 12.4. The van der Waals surface area contributed by atoms with Crippen molar-refractivity contribution in [2.45, 2.75) is 72.3 Å². The Hall–Kier alpha value is -3.55. The molecule has 1 amide bonds. The molecular formula is C32H35Cl2N3O4. The van der Waals surface area contributed by atoms with Crippen LogP contribution in [0.5, 0.6) is 5.75 Å².